The number of benzene rings is 2. The van der Waals surface area contributed by atoms with E-state index in [-0.39, 0.29) is 17.9 Å². The predicted molar refractivity (Wildman–Crippen MR) is 99.5 cm³/mol. The zero-order valence-electron chi connectivity index (χ0n) is 14.3. The van der Waals surface area contributed by atoms with Gasteiger partial charge in [-0.05, 0) is 24.6 Å². The number of hydrogen-bond donors (Lipinski definition) is 0. The van der Waals surface area contributed by atoms with Crippen LogP contribution in [0.1, 0.15) is 30.1 Å². The minimum absolute atomic E-state index is 0.164. The second-order valence-electron chi connectivity index (χ2n) is 6.15. The summed E-state index contributed by atoms with van der Waals surface area (Å²) >= 11 is 5.98. The highest BCUT2D eigenvalue weighted by atomic mass is 35.5. The van der Waals surface area contributed by atoms with Crippen LogP contribution in [-0.4, -0.2) is 25.3 Å². The number of esters is 1. The Labute approximate surface area is 162 Å². The molecule has 0 aliphatic carbocycles. The van der Waals surface area contributed by atoms with E-state index in [4.69, 9.17) is 20.5 Å². The summed E-state index contributed by atoms with van der Waals surface area (Å²) in [4.78, 5) is 12.6. The van der Waals surface area contributed by atoms with Crippen molar-refractivity contribution in [2.75, 3.05) is 6.61 Å². The maximum atomic E-state index is 12.9. The zero-order chi connectivity index (χ0) is 19.2. The van der Waals surface area contributed by atoms with Crippen molar-refractivity contribution in [2.45, 2.75) is 19.0 Å². The van der Waals surface area contributed by atoms with E-state index in [9.17, 15) is 13.2 Å². The van der Waals surface area contributed by atoms with Crippen LogP contribution >= 0.6 is 11.6 Å². The first-order valence-corrected chi connectivity index (χ1v) is 10.1. The second-order valence-corrected chi connectivity index (χ2v) is 8.03. The molecule has 140 valence electrons. The standard InChI is InChI=1S/C19H16ClNO5S/c1-2-25-19(22)15-11-16-14-9-8-13(20)10-17(14)26-27(23,24)21(16)18(15)12-6-4-3-5-7-12/h3-11,16,18H,2H2,1H3. The Morgan fingerprint density at radius 1 is 1.22 bits per heavy atom. The Hall–Kier alpha value is -2.35. The average Bonchev–Trinajstić information content (AvgIpc) is 3.04. The molecule has 8 heteroatoms. The fourth-order valence-electron chi connectivity index (χ4n) is 3.46. The summed E-state index contributed by atoms with van der Waals surface area (Å²) in [5, 5.41) is 0.365. The number of nitrogens with zero attached hydrogens (tertiary/aromatic N) is 1. The lowest BCUT2D eigenvalue weighted by atomic mass is 10.0. The van der Waals surface area contributed by atoms with Crippen LogP contribution in [0.25, 0.3) is 0 Å². The van der Waals surface area contributed by atoms with E-state index < -0.39 is 28.4 Å². The molecule has 2 unspecified atom stereocenters. The fraction of sp³-hybridized carbons (Fsp3) is 0.211. The minimum Gasteiger partial charge on any atom is -0.463 e. The largest absolute Gasteiger partial charge is 0.463 e. The van der Waals surface area contributed by atoms with Crippen LogP contribution in [-0.2, 0) is 19.8 Å². The van der Waals surface area contributed by atoms with E-state index in [1.54, 1.807) is 49.4 Å². The van der Waals surface area contributed by atoms with Crippen LogP contribution in [0.4, 0.5) is 0 Å². The second kappa shape index (κ2) is 6.67. The maximum Gasteiger partial charge on any atom is 0.386 e. The molecular weight excluding hydrogens is 390 g/mol. The molecule has 2 aromatic carbocycles. The molecule has 2 heterocycles. The van der Waals surface area contributed by atoms with E-state index in [1.807, 2.05) is 6.07 Å². The van der Waals surface area contributed by atoms with Crippen molar-refractivity contribution >= 4 is 27.9 Å². The first kappa shape index (κ1) is 18.0. The molecular formula is C19H16ClNO5S. The molecule has 0 N–H and O–H groups in total. The van der Waals surface area contributed by atoms with E-state index in [1.165, 1.54) is 10.4 Å². The first-order chi connectivity index (χ1) is 12.9. The highest BCUT2D eigenvalue weighted by Gasteiger charge is 2.51. The summed E-state index contributed by atoms with van der Waals surface area (Å²) in [5.41, 5.74) is 1.54. The summed E-state index contributed by atoms with van der Waals surface area (Å²) < 4.78 is 37.5. The number of fused-ring (bicyclic) bond motifs is 3. The van der Waals surface area contributed by atoms with Gasteiger partial charge in [0.1, 0.15) is 0 Å². The van der Waals surface area contributed by atoms with Crippen molar-refractivity contribution in [3.05, 3.63) is 76.3 Å². The van der Waals surface area contributed by atoms with Gasteiger partial charge in [-0.2, -0.15) is 8.42 Å². The molecule has 2 aliphatic heterocycles. The number of carbonyl (C=O) groups excluding carboxylic acids is 1. The molecule has 0 saturated heterocycles. The molecule has 0 amide bonds. The van der Waals surface area contributed by atoms with Crippen molar-refractivity contribution in [2.24, 2.45) is 0 Å². The number of rotatable bonds is 3. The molecule has 0 radical (unpaired) electrons. The summed E-state index contributed by atoms with van der Waals surface area (Å²) in [6.45, 7) is 1.90. The average molecular weight is 406 g/mol. The van der Waals surface area contributed by atoms with Crippen LogP contribution in [0.5, 0.6) is 5.75 Å². The molecule has 2 aliphatic rings. The molecule has 0 aromatic heterocycles. The Morgan fingerprint density at radius 3 is 2.67 bits per heavy atom. The number of ether oxygens (including phenoxy) is 1. The third-order valence-corrected chi connectivity index (χ3v) is 6.11. The van der Waals surface area contributed by atoms with Gasteiger partial charge in [0, 0.05) is 16.7 Å². The van der Waals surface area contributed by atoms with E-state index in [2.05, 4.69) is 0 Å². The van der Waals surface area contributed by atoms with Crippen molar-refractivity contribution in [3.8, 4) is 5.75 Å². The van der Waals surface area contributed by atoms with Crippen molar-refractivity contribution in [1.29, 1.82) is 0 Å². The molecule has 0 spiro atoms. The Morgan fingerprint density at radius 2 is 1.96 bits per heavy atom. The van der Waals surface area contributed by atoms with Crippen molar-refractivity contribution in [3.63, 3.8) is 0 Å². The molecule has 4 rings (SSSR count). The Balaban J connectivity index is 1.91. The van der Waals surface area contributed by atoms with Crippen molar-refractivity contribution in [1.82, 2.24) is 4.31 Å². The number of halogens is 1. The number of hydrogen-bond acceptors (Lipinski definition) is 5. The van der Waals surface area contributed by atoms with Crippen LogP contribution in [0, 0.1) is 0 Å². The van der Waals surface area contributed by atoms with Gasteiger partial charge < -0.3 is 8.92 Å². The minimum atomic E-state index is -4.15. The van der Waals surface area contributed by atoms with Gasteiger partial charge >= 0.3 is 16.3 Å². The normalized spacial score (nSPS) is 23.0. The summed E-state index contributed by atoms with van der Waals surface area (Å²) in [6, 6.07) is 12.3. The van der Waals surface area contributed by atoms with Gasteiger partial charge in [0.2, 0.25) is 0 Å². The van der Waals surface area contributed by atoms with Crippen LogP contribution < -0.4 is 4.18 Å². The maximum absolute atomic E-state index is 12.9. The zero-order valence-corrected chi connectivity index (χ0v) is 15.9. The van der Waals surface area contributed by atoms with Gasteiger partial charge in [-0.3, -0.25) is 0 Å². The molecule has 6 nitrogen and oxygen atoms in total. The lowest BCUT2D eigenvalue weighted by Gasteiger charge is -2.34. The predicted octanol–water partition coefficient (Wildman–Crippen LogP) is 3.56. The van der Waals surface area contributed by atoms with E-state index >= 15 is 0 Å². The topological polar surface area (TPSA) is 72.9 Å². The molecule has 2 atom stereocenters. The van der Waals surface area contributed by atoms with Crippen LogP contribution in [0.2, 0.25) is 5.02 Å². The van der Waals surface area contributed by atoms with Crippen LogP contribution in [0.15, 0.2) is 60.2 Å². The molecule has 2 aromatic rings. The fourth-order valence-corrected chi connectivity index (χ4v) is 5.03. The third kappa shape index (κ3) is 3.01. The highest BCUT2D eigenvalue weighted by molar-refractivity contribution is 7.84. The van der Waals surface area contributed by atoms with E-state index in [0.717, 1.165) is 0 Å². The van der Waals surface area contributed by atoms with Crippen molar-refractivity contribution < 1.29 is 22.1 Å². The lowest BCUT2D eigenvalue weighted by molar-refractivity contribution is -0.138. The molecule has 0 fully saturated rings. The first-order valence-electron chi connectivity index (χ1n) is 8.38. The molecule has 27 heavy (non-hydrogen) atoms. The van der Waals surface area contributed by atoms with Gasteiger partial charge in [-0.1, -0.05) is 48.0 Å². The Bertz CT molecular complexity index is 1040. The summed E-state index contributed by atoms with van der Waals surface area (Å²) in [6.07, 6.45) is 1.63. The van der Waals surface area contributed by atoms with Gasteiger partial charge in [0.15, 0.2) is 5.75 Å². The molecule has 0 saturated carbocycles. The van der Waals surface area contributed by atoms with Gasteiger partial charge in [-0.25, -0.2) is 4.79 Å². The van der Waals surface area contributed by atoms with Gasteiger partial charge in [0.25, 0.3) is 0 Å². The smallest absolute Gasteiger partial charge is 0.386 e. The molecule has 0 bridgehead atoms. The quantitative estimate of drug-likeness (QED) is 0.730. The summed E-state index contributed by atoms with van der Waals surface area (Å²) in [5.74, 6) is -0.386. The summed E-state index contributed by atoms with van der Waals surface area (Å²) in [7, 11) is -4.15. The SMILES string of the molecule is CCOC(=O)C1=CC2c3ccc(Cl)cc3OS(=O)(=O)N2C1c1ccccc1. The van der Waals surface area contributed by atoms with E-state index in [0.29, 0.717) is 16.1 Å². The number of carbonyl (C=O) groups is 1. The van der Waals surface area contributed by atoms with Gasteiger partial charge in [0.05, 0.1) is 24.3 Å². The Kier molecular flexibility index (Phi) is 4.46. The van der Waals surface area contributed by atoms with Crippen LogP contribution in [0.3, 0.4) is 0 Å². The highest BCUT2D eigenvalue weighted by Crippen LogP contribution is 2.51. The lowest BCUT2D eigenvalue weighted by Crippen LogP contribution is -2.41. The van der Waals surface area contributed by atoms with Gasteiger partial charge in [-0.15, -0.1) is 4.31 Å². The third-order valence-electron chi connectivity index (χ3n) is 4.53. The monoisotopic (exact) mass is 405 g/mol.